The van der Waals surface area contributed by atoms with E-state index in [2.05, 4.69) is 40.4 Å². The lowest BCUT2D eigenvalue weighted by Gasteiger charge is -2.29. The van der Waals surface area contributed by atoms with E-state index in [-0.39, 0.29) is 11.9 Å². The Hall–Kier alpha value is -1.07. The van der Waals surface area contributed by atoms with Gasteiger partial charge in [-0.25, -0.2) is 0 Å². The molecule has 1 aliphatic rings. The van der Waals surface area contributed by atoms with E-state index in [1.807, 2.05) is 18.2 Å². The molecule has 0 spiro atoms. The molecule has 2 rings (SSSR count). The molecule has 0 radical (unpaired) electrons. The van der Waals surface area contributed by atoms with Crippen molar-refractivity contribution in [2.24, 2.45) is 5.92 Å². The molecule has 0 heterocycles. The molecule has 128 valence electrons. The van der Waals surface area contributed by atoms with Crippen molar-refractivity contribution in [3.63, 3.8) is 0 Å². The standard InChI is InChI=1S/C18H27BrN2O2/c1-12-6-4-5-7-16(12)21-18(22)11-20-13(2)14-8-9-17(23-3)15(19)10-14/h8-10,12-13,16,20H,4-7,11H2,1-3H3,(H,21,22)/t12-,13-,16+/m0/s1. The van der Waals surface area contributed by atoms with Crippen LogP contribution in [0.4, 0.5) is 0 Å². The van der Waals surface area contributed by atoms with Gasteiger partial charge in [-0.3, -0.25) is 4.79 Å². The van der Waals surface area contributed by atoms with Crippen LogP contribution in [0.25, 0.3) is 0 Å². The average Bonchev–Trinajstić information content (AvgIpc) is 2.54. The lowest BCUT2D eigenvalue weighted by atomic mass is 9.86. The number of amides is 1. The second-order valence-corrected chi connectivity index (χ2v) is 7.29. The molecule has 1 aromatic rings. The smallest absolute Gasteiger partial charge is 0.234 e. The number of benzene rings is 1. The van der Waals surface area contributed by atoms with Gasteiger partial charge in [-0.05, 0) is 59.3 Å². The summed E-state index contributed by atoms with van der Waals surface area (Å²) >= 11 is 3.50. The molecule has 1 aromatic carbocycles. The Labute approximate surface area is 147 Å². The van der Waals surface area contributed by atoms with Crippen molar-refractivity contribution in [3.05, 3.63) is 28.2 Å². The molecule has 0 saturated heterocycles. The highest BCUT2D eigenvalue weighted by Gasteiger charge is 2.22. The van der Waals surface area contributed by atoms with Crippen LogP contribution in [-0.2, 0) is 4.79 Å². The molecular formula is C18H27BrN2O2. The Morgan fingerprint density at radius 3 is 2.78 bits per heavy atom. The van der Waals surface area contributed by atoms with Crippen LogP contribution in [0.1, 0.15) is 51.1 Å². The first-order chi connectivity index (χ1) is 11.0. The number of carbonyl (C=O) groups excluding carboxylic acids is 1. The predicted molar refractivity (Wildman–Crippen MR) is 96.7 cm³/mol. The summed E-state index contributed by atoms with van der Waals surface area (Å²) in [5, 5.41) is 6.47. The molecule has 1 aliphatic carbocycles. The van der Waals surface area contributed by atoms with Crippen LogP contribution < -0.4 is 15.4 Å². The van der Waals surface area contributed by atoms with E-state index in [0.29, 0.717) is 18.5 Å². The maximum absolute atomic E-state index is 12.2. The summed E-state index contributed by atoms with van der Waals surface area (Å²) in [5.41, 5.74) is 1.12. The minimum Gasteiger partial charge on any atom is -0.496 e. The van der Waals surface area contributed by atoms with Crippen LogP contribution in [0.5, 0.6) is 5.75 Å². The van der Waals surface area contributed by atoms with Crippen LogP contribution >= 0.6 is 15.9 Å². The summed E-state index contributed by atoms with van der Waals surface area (Å²) in [5.74, 6) is 1.48. The highest BCUT2D eigenvalue weighted by molar-refractivity contribution is 9.10. The first-order valence-corrected chi connectivity index (χ1v) is 9.16. The monoisotopic (exact) mass is 382 g/mol. The van der Waals surface area contributed by atoms with Crippen LogP contribution in [0.3, 0.4) is 0 Å². The lowest BCUT2D eigenvalue weighted by molar-refractivity contribution is -0.121. The van der Waals surface area contributed by atoms with Gasteiger partial charge < -0.3 is 15.4 Å². The number of carbonyl (C=O) groups is 1. The first-order valence-electron chi connectivity index (χ1n) is 8.37. The zero-order chi connectivity index (χ0) is 16.8. The SMILES string of the molecule is COc1ccc([C@H](C)NCC(=O)N[C@@H]2CCCC[C@@H]2C)cc1Br. The molecule has 1 fully saturated rings. The number of halogens is 1. The number of nitrogens with one attached hydrogen (secondary N) is 2. The topological polar surface area (TPSA) is 50.4 Å². The minimum absolute atomic E-state index is 0.0863. The van der Waals surface area contributed by atoms with Gasteiger partial charge >= 0.3 is 0 Å². The lowest BCUT2D eigenvalue weighted by Crippen LogP contribution is -2.45. The van der Waals surface area contributed by atoms with Gasteiger partial charge in [0, 0.05) is 12.1 Å². The van der Waals surface area contributed by atoms with Crippen molar-refractivity contribution in [2.45, 2.75) is 51.6 Å². The third kappa shape index (κ3) is 5.21. The largest absolute Gasteiger partial charge is 0.496 e. The van der Waals surface area contributed by atoms with Crippen LogP contribution in [0, 0.1) is 5.92 Å². The molecule has 1 amide bonds. The molecule has 0 aromatic heterocycles. The summed E-state index contributed by atoms with van der Waals surface area (Å²) < 4.78 is 6.16. The molecular weight excluding hydrogens is 356 g/mol. The van der Waals surface area contributed by atoms with E-state index in [9.17, 15) is 4.79 Å². The van der Waals surface area contributed by atoms with E-state index >= 15 is 0 Å². The minimum atomic E-state index is 0.0863. The van der Waals surface area contributed by atoms with Gasteiger partial charge in [0.25, 0.3) is 0 Å². The number of hydrogen-bond donors (Lipinski definition) is 2. The fourth-order valence-electron chi connectivity index (χ4n) is 3.10. The van der Waals surface area contributed by atoms with E-state index < -0.39 is 0 Å². The summed E-state index contributed by atoms with van der Waals surface area (Å²) in [6, 6.07) is 6.41. The zero-order valence-electron chi connectivity index (χ0n) is 14.2. The summed E-state index contributed by atoms with van der Waals surface area (Å²) in [6.07, 6.45) is 4.83. The third-order valence-corrected chi connectivity index (χ3v) is 5.32. The molecule has 0 bridgehead atoms. The van der Waals surface area contributed by atoms with Crippen LogP contribution in [0.15, 0.2) is 22.7 Å². The van der Waals surface area contributed by atoms with E-state index in [1.54, 1.807) is 7.11 Å². The van der Waals surface area contributed by atoms with Crippen molar-refractivity contribution >= 4 is 21.8 Å². The van der Waals surface area contributed by atoms with E-state index in [0.717, 1.165) is 22.2 Å². The second kappa shape index (κ2) is 8.69. The molecule has 1 saturated carbocycles. The molecule has 4 nitrogen and oxygen atoms in total. The van der Waals surface area contributed by atoms with Crippen molar-refractivity contribution in [2.75, 3.05) is 13.7 Å². The van der Waals surface area contributed by atoms with Gasteiger partial charge in [0.1, 0.15) is 5.75 Å². The summed E-state index contributed by atoms with van der Waals surface area (Å²) in [4.78, 5) is 12.2. The summed E-state index contributed by atoms with van der Waals surface area (Å²) in [7, 11) is 1.65. The Morgan fingerprint density at radius 1 is 1.39 bits per heavy atom. The highest BCUT2D eigenvalue weighted by atomic mass is 79.9. The predicted octanol–water partition coefficient (Wildman–Crippen LogP) is 3.80. The Bertz CT molecular complexity index is 536. The average molecular weight is 383 g/mol. The first kappa shape index (κ1) is 18.3. The van der Waals surface area contributed by atoms with Crippen molar-refractivity contribution < 1.29 is 9.53 Å². The molecule has 2 N–H and O–H groups in total. The zero-order valence-corrected chi connectivity index (χ0v) is 15.8. The van der Waals surface area contributed by atoms with Crippen molar-refractivity contribution in [1.82, 2.24) is 10.6 Å². The Morgan fingerprint density at radius 2 is 2.13 bits per heavy atom. The van der Waals surface area contributed by atoms with Gasteiger partial charge in [-0.15, -0.1) is 0 Å². The maximum atomic E-state index is 12.2. The number of methoxy groups -OCH3 is 1. The highest BCUT2D eigenvalue weighted by Crippen LogP contribution is 2.28. The molecule has 5 heteroatoms. The Balaban J connectivity index is 1.82. The fourth-order valence-corrected chi connectivity index (χ4v) is 3.66. The molecule has 0 aliphatic heterocycles. The van der Waals surface area contributed by atoms with Crippen molar-refractivity contribution in [1.29, 1.82) is 0 Å². The maximum Gasteiger partial charge on any atom is 0.234 e. The van der Waals surface area contributed by atoms with Gasteiger partial charge in [-0.2, -0.15) is 0 Å². The third-order valence-electron chi connectivity index (χ3n) is 4.70. The van der Waals surface area contributed by atoms with Gasteiger partial charge in [0.05, 0.1) is 18.1 Å². The molecule has 3 atom stereocenters. The summed E-state index contributed by atoms with van der Waals surface area (Å²) in [6.45, 7) is 4.63. The number of rotatable bonds is 6. The second-order valence-electron chi connectivity index (χ2n) is 6.43. The van der Waals surface area contributed by atoms with E-state index in [4.69, 9.17) is 4.74 Å². The van der Waals surface area contributed by atoms with Gasteiger partial charge in [0.2, 0.25) is 5.91 Å². The Kier molecular flexibility index (Phi) is 6.90. The van der Waals surface area contributed by atoms with Crippen molar-refractivity contribution in [3.8, 4) is 5.75 Å². The van der Waals surface area contributed by atoms with Gasteiger partial charge in [0.15, 0.2) is 0 Å². The van der Waals surface area contributed by atoms with Crippen LogP contribution in [-0.4, -0.2) is 25.6 Å². The van der Waals surface area contributed by atoms with Crippen LogP contribution in [0.2, 0.25) is 0 Å². The normalized spacial score (nSPS) is 22.4. The number of hydrogen-bond acceptors (Lipinski definition) is 3. The van der Waals surface area contributed by atoms with Gasteiger partial charge in [-0.1, -0.05) is 25.8 Å². The molecule has 23 heavy (non-hydrogen) atoms. The molecule has 0 unspecified atom stereocenters. The fraction of sp³-hybridized carbons (Fsp3) is 0.611. The van der Waals surface area contributed by atoms with E-state index in [1.165, 1.54) is 19.3 Å². The number of ether oxygens (including phenoxy) is 1. The quantitative estimate of drug-likeness (QED) is 0.786.